The first-order chi connectivity index (χ1) is 8.58. The molecule has 1 heterocycles. The highest BCUT2D eigenvalue weighted by Crippen LogP contribution is 2.23. The normalized spacial score (nSPS) is 10.4. The van der Waals surface area contributed by atoms with E-state index in [9.17, 15) is 8.78 Å². The second-order valence-electron chi connectivity index (χ2n) is 3.86. The third-order valence-electron chi connectivity index (χ3n) is 2.47. The minimum atomic E-state index is -0.694. The smallest absolute Gasteiger partial charge is 0.219 e. The molecule has 0 saturated heterocycles. The summed E-state index contributed by atoms with van der Waals surface area (Å²) in [5.74, 6) is -1.05. The minimum absolute atomic E-state index is 0.0694. The number of hydrogen-bond donors (Lipinski definition) is 1. The van der Waals surface area contributed by atoms with Crippen molar-refractivity contribution in [2.45, 2.75) is 13.5 Å². The topological polar surface area (TPSA) is 48.1 Å². The minimum Gasteiger partial charge on any atom is -0.439 e. The zero-order valence-electron chi connectivity index (χ0n) is 9.78. The molecule has 18 heavy (non-hydrogen) atoms. The molecule has 0 amide bonds. The van der Waals surface area contributed by atoms with Gasteiger partial charge in [0, 0.05) is 37.0 Å². The lowest BCUT2D eigenvalue weighted by Gasteiger charge is -2.08. The van der Waals surface area contributed by atoms with Crippen molar-refractivity contribution in [2.75, 3.05) is 0 Å². The van der Waals surface area contributed by atoms with Crippen LogP contribution < -0.4 is 10.5 Å². The van der Waals surface area contributed by atoms with E-state index < -0.39 is 11.6 Å². The van der Waals surface area contributed by atoms with Crippen LogP contribution >= 0.6 is 0 Å². The summed E-state index contributed by atoms with van der Waals surface area (Å²) in [6.45, 7) is 2.25. The lowest BCUT2D eigenvalue weighted by atomic mass is 10.1. The van der Waals surface area contributed by atoms with Gasteiger partial charge in [-0.25, -0.2) is 13.8 Å². The molecule has 2 rings (SSSR count). The summed E-state index contributed by atoms with van der Waals surface area (Å²) in [7, 11) is 0. The first kappa shape index (κ1) is 12.4. The van der Waals surface area contributed by atoms with E-state index in [2.05, 4.69) is 4.98 Å². The van der Waals surface area contributed by atoms with Gasteiger partial charge in [0.25, 0.3) is 0 Å². The van der Waals surface area contributed by atoms with E-state index in [1.54, 1.807) is 12.3 Å². The van der Waals surface area contributed by atoms with Crippen LogP contribution in [0.3, 0.4) is 0 Å². The monoisotopic (exact) mass is 250 g/mol. The van der Waals surface area contributed by atoms with Crippen molar-refractivity contribution >= 4 is 0 Å². The summed E-state index contributed by atoms with van der Waals surface area (Å²) in [6, 6.07) is 4.64. The van der Waals surface area contributed by atoms with Gasteiger partial charge in [-0.15, -0.1) is 0 Å². The van der Waals surface area contributed by atoms with Crippen LogP contribution in [0.2, 0.25) is 0 Å². The highest BCUT2D eigenvalue weighted by atomic mass is 19.1. The SMILES string of the molecule is Cc1cc(Oc2cc(F)cc(F)c2)ncc1CN. The fourth-order valence-electron chi connectivity index (χ4n) is 1.54. The zero-order valence-corrected chi connectivity index (χ0v) is 9.78. The van der Waals surface area contributed by atoms with E-state index in [1.165, 1.54) is 0 Å². The second kappa shape index (κ2) is 5.10. The first-order valence-corrected chi connectivity index (χ1v) is 5.38. The van der Waals surface area contributed by atoms with E-state index in [1.807, 2.05) is 6.92 Å². The molecule has 2 N–H and O–H groups in total. The first-order valence-electron chi connectivity index (χ1n) is 5.38. The maximum Gasteiger partial charge on any atom is 0.219 e. The molecule has 0 aliphatic heterocycles. The van der Waals surface area contributed by atoms with E-state index in [-0.39, 0.29) is 11.6 Å². The number of hydrogen-bond acceptors (Lipinski definition) is 3. The Balaban J connectivity index is 2.25. The number of aromatic nitrogens is 1. The van der Waals surface area contributed by atoms with Crippen LogP contribution in [-0.2, 0) is 6.54 Å². The molecule has 1 aromatic carbocycles. The van der Waals surface area contributed by atoms with Crippen LogP contribution in [-0.4, -0.2) is 4.98 Å². The molecule has 0 atom stereocenters. The zero-order chi connectivity index (χ0) is 13.1. The highest BCUT2D eigenvalue weighted by molar-refractivity contribution is 5.32. The Kier molecular flexibility index (Phi) is 3.53. The van der Waals surface area contributed by atoms with E-state index >= 15 is 0 Å². The lowest BCUT2D eigenvalue weighted by Crippen LogP contribution is -2.00. The van der Waals surface area contributed by atoms with Gasteiger partial charge < -0.3 is 10.5 Å². The van der Waals surface area contributed by atoms with Gasteiger partial charge in [-0.05, 0) is 18.1 Å². The third kappa shape index (κ3) is 2.81. The number of benzene rings is 1. The van der Waals surface area contributed by atoms with Crippen LogP contribution in [0.25, 0.3) is 0 Å². The summed E-state index contributed by atoms with van der Waals surface area (Å²) < 4.78 is 31.2. The molecule has 2 aromatic rings. The molecule has 0 radical (unpaired) electrons. The predicted molar refractivity (Wildman–Crippen MR) is 63.3 cm³/mol. The van der Waals surface area contributed by atoms with E-state index in [0.29, 0.717) is 6.54 Å². The maximum atomic E-state index is 13.0. The summed E-state index contributed by atoms with van der Waals surface area (Å²) in [6.07, 6.45) is 1.58. The number of pyridine rings is 1. The standard InChI is InChI=1S/C13H12F2N2O/c1-8-2-13(17-7-9(8)6-16)18-12-4-10(14)3-11(15)5-12/h2-5,7H,6,16H2,1H3. The average molecular weight is 250 g/mol. The summed E-state index contributed by atoms with van der Waals surface area (Å²) in [5, 5.41) is 0. The average Bonchev–Trinajstić information content (AvgIpc) is 2.27. The molecule has 0 spiro atoms. The Labute approximate surface area is 103 Å². The van der Waals surface area contributed by atoms with Crippen molar-refractivity contribution in [3.8, 4) is 11.6 Å². The van der Waals surface area contributed by atoms with Gasteiger partial charge in [0.15, 0.2) is 0 Å². The molecular formula is C13H12F2N2O. The van der Waals surface area contributed by atoms with Crippen molar-refractivity contribution in [3.63, 3.8) is 0 Å². The molecule has 5 heteroatoms. The number of nitrogens with zero attached hydrogens (tertiary/aromatic N) is 1. The van der Waals surface area contributed by atoms with Crippen molar-refractivity contribution in [1.29, 1.82) is 0 Å². The summed E-state index contributed by atoms with van der Waals surface area (Å²) in [4.78, 5) is 4.02. The van der Waals surface area contributed by atoms with Gasteiger partial charge in [-0.1, -0.05) is 0 Å². The molecule has 0 aliphatic carbocycles. The van der Waals surface area contributed by atoms with Crippen LogP contribution in [0.1, 0.15) is 11.1 Å². The molecule has 0 saturated carbocycles. The molecule has 94 valence electrons. The molecular weight excluding hydrogens is 238 g/mol. The van der Waals surface area contributed by atoms with Gasteiger partial charge in [0.2, 0.25) is 5.88 Å². The quantitative estimate of drug-likeness (QED) is 0.911. The molecule has 1 aromatic heterocycles. The van der Waals surface area contributed by atoms with E-state index in [0.717, 1.165) is 29.3 Å². The highest BCUT2D eigenvalue weighted by Gasteiger charge is 2.05. The number of aryl methyl sites for hydroxylation is 1. The van der Waals surface area contributed by atoms with Gasteiger partial charge in [-0.3, -0.25) is 0 Å². The molecule has 0 bridgehead atoms. The van der Waals surface area contributed by atoms with Crippen molar-refractivity contribution in [3.05, 3.63) is 53.2 Å². The van der Waals surface area contributed by atoms with Gasteiger partial charge in [0.1, 0.15) is 17.4 Å². The lowest BCUT2D eigenvalue weighted by molar-refractivity contribution is 0.450. The molecule has 0 fully saturated rings. The third-order valence-corrected chi connectivity index (χ3v) is 2.47. The summed E-state index contributed by atoms with van der Waals surface area (Å²) >= 11 is 0. The Morgan fingerprint density at radius 3 is 2.39 bits per heavy atom. The maximum absolute atomic E-state index is 13.0. The van der Waals surface area contributed by atoms with Crippen molar-refractivity contribution in [2.24, 2.45) is 5.73 Å². The van der Waals surface area contributed by atoms with Crippen molar-refractivity contribution in [1.82, 2.24) is 4.98 Å². The predicted octanol–water partition coefficient (Wildman–Crippen LogP) is 2.92. The Morgan fingerprint density at radius 1 is 1.17 bits per heavy atom. The molecule has 0 aliphatic rings. The Hall–Kier alpha value is -2.01. The number of ether oxygens (including phenoxy) is 1. The fraction of sp³-hybridized carbons (Fsp3) is 0.154. The van der Waals surface area contributed by atoms with Crippen LogP contribution in [0.15, 0.2) is 30.5 Å². The fourth-order valence-corrected chi connectivity index (χ4v) is 1.54. The van der Waals surface area contributed by atoms with Crippen molar-refractivity contribution < 1.29 is 13.5 Å². The largest absolute Gasteiger partial charge is 0.439 e. The van der Waals surface area contributed by atoms with Gasteiger partial charge in [0.05, 0.1) is 0 Å². The number of halogens is 2. The van der Waals surface area contributed by atoms with Crippen LogP contribution in [0.4, 0.5) is 8.78 Å². The Bertz CT molecular complexity index is 553. The van der Waals surface area contributed by atoms with E-state index in [4.69, 9.17) is 10.5 Å². The van der Waals surface area contributed by atoms with Gasteiger partial charge in [-0.2, -0.15) is 0 Å². The molecule has 3 nitrogen and oxygen atoms in total. The van der Waals surface area contributed by atoms with Gasteiger partial charge >= 0.3 is 0 Å². The van der Waals surface area contributed by atoms with Crippen LogP contribution in [0, 0.1) is 18.6 Å². The van der Waals surface area contributed by atoms with Crippen LogP contribution in [0.5, 0.6) is 11.6 Å². The summed E-state index contributed by atoms with van der Waals surface area (Å²) in [5.41, 5.74) is 7.33. The second-order valence-corrected chi connectivity index (χ2v) is 3.86. The molecule has 0 unspecified atom stereocenters. The Morgan fingerprint density at radius 2 is 1.83 bits per heavy atom. The number of rotatable bonds is 3. The number of nitrogens with two attached hydrogens (primary N) is 1.